The van der Waals surface area contributed by atoms with Gasteiger partial charge in [-0.25, -0.2) is 14.4 Å². The number of carbonyl (C=O) groups excluding carboxylic acids is 1. The molecule has 0 N–H and O–H groups in total. The van der Waals surface area contributed by atoms with Crippen molar-refractivity contribution in [3.05, 3.63) is 17.8 Å². The number of rotatable bonds is 4. The molecule has 0 atom stereocenters. The number of hydrogen-bond donors (Lipinski definition) is 0. The van der Waals surface area contributed by atoms with Gasteiger partial charge in [-0.3, -0.25) is 9.69 Å². The summed E-state index contributed by atoms with van der Waals surface area (Å²) in [6.45, 7) is 6.92. The number of carbonyl (C=O) groups is 1. The summed E-state index contributed by atoms with van der Waals surface area (Å²) in [4.78, 5) is 26.4. The van der Waals surface area contributed by atoms with E-state index in [1.54, 1.807) is 0 Å². The fraction of sp³-hybridized carbons (Fsp3) is 0.688. The Kier molecular flexibility index (Phi) is 5.05. The number of piperazine rings is 1. The summed E-state index contributed by atoms with van der Waals surface area (Å²) in [7, 11) is 0. The van der Waals surface area contributed by atoms with Crippen molar-refractivity contribution >= 4 is 11.7 Å². The topological polar surface area (TPSA) is 52.6 Å². The Morgan fingerprint density at radius 3 is 2.48 bits per heavy atom. The van der Waals surface area contributed by atoms with Crippen LogP contribution in [0.15, 0.2) is 6.33 Å². The van der Waals surface area contributed by atoms with E-state index < -0.39 is 0 Å². The zero-order valence-electron chi connectivity index (χ0n) is 13.7. The quantitative estimate of drug-likeness (QED) is 0.825. The van der Waals surface area contributed by atoms with Gasteiger partial charge in [-0.1, -0.05) is 6.92 Å². The van der Waals surface area contributed by atoms with E-state index in [-0.39, 0.29) is 11.7 Å². The number of nitrogens with zero attached hydrogens (tertiary/aromatic N) is 5. The Hall–Kier alpha value is -1.76. The number of amides is 1. The van der Waals surface area contributed by atoms with Crippen molar-refractivity contribution in [1.29, 1.82) is 0 Å². The fourth-order valence-electron chi connectivity index (χ4n) is 3.26. The van der Waals surface area contributed by atoms with Crippen LogP contribution in [-0.2, 0) is 11.2 Å². The second-order valence-corrected chi connectivity index (χ2v) is 6.16. The summed E-state index contributed by atoms with van der Waals surface area (Å²) >= 11 is 0. The van der Waals surface area contributed by atoms with Crippen molar-refractivity contribution in [2.24, 2.45) is 0 Å². The second kappa shape index (κ2) is 7.21. The molecule has 0 aliphatic carbocycles. The molecule has 3 heterocycles. The van der Waals surface area contributed by atoms with E-state index in [0.29, 0.717) is 50.7 Å². The average molecular weight is 321 g/mol. The monoisotopic (exact) mass is 321 g/mol. The standard InChI is InChI=1S/C16H24FN5O/c1-2-13-15(17)16(19-12-18-13)22-9-7-21(8-10-22)14(23)11-20-5-3-4-6-20/h12H,2-11H2,1H3. The van der Waals surface area contributed by atoms with Gasteiger partial charge in [0.1, 0.15) is 6.33 Å². The lowest BCUT2D eigenvalue weighted by Crippen LogP contribution is -2.51. The minimum atomic E-state index is -0.327. The molecule has 2 saturated heterocycles. The molecular weight excluding hydrogens is 297 g/mol. The molecule has 2 fully saturated rings. The van der Waals surface area contributed by atoms with Crippen molar-refractivity contribution in [2.75, 3.05) is 50.7 Å². The zero-order chi connectivity index (χ0) is 16.2. The van der Waals surface area contributed by atoms with Crippen molar-refractivity contribution in [3.63, 3.8) is 0 Å². The van der Waals surface area contributed by atoms with Crippen molar-refractivity contribution < 1.29 is 9.18 Å². The van der Waals surface area contributed by atoms with Crippen LogP contribution in [0.2, 0.25) is 0 Å². The van der Waals surface area contributed by atoms with Gasteiger partial charge in [0.25, 0.3) is 0 Å². The Morgan fingerprint density at radius 2 is 1.83 bits per heavy atom. The molecule has 1 amide bonds. The molecule has 1 aromatic rings. The van der Waals surface area contributed by atoms with E-state index in [1.165, 1.54) is 19.2 Å². The fourth-order valence-corrected chi connectivity index (χ4v) is 3.26. The van der Waals surface area contributed by atoms with E-state index in [9.17, 15) is 9.18 Å². The minimum absolute atomic E-state index is 0.184. The van der Waals surface area contributed by atoms with Crippen LogP contribution in [0.1, 0.15) is 25.5 Å². The molecule has 2 aliphatic rings. The lowest BCUT2D eigenvalue weighted by Gasteiger charge is -2.36. The third kappa shape index (κ3) is 3.60. The van der Waals surface area contributed by atoms with E-state index in [4.69, 9.17) is 0 Å². The van der Waals surface area contributed by atoms with E-state index in [1.807, 2.05) is 16.7 Å². The molecule has 0 saturated carbocycles. The molecule has 0 aromatic carbocycles. The number of likely N-dealkylation sites (tertiary alicyclic amines) is 1. The highest BCUT2D eigenvalue weighted by atomic mass is 19.1. The maximum atomic E-state index is 14.3. The van der Waals surface area contributed by atoms with E-state index in [0.717, 1.165) is 13.1 Å². The summed E-state index contributed by atoms with van der Waals surface area (Å²) < 4.78 is 14.3. The van der Waals surface area contributed by atoms with Gasteiger partial charge in [-0.15, -0.1) is 0 Å². The van der Waals surface area contributed by atoms with Gasteiger partial charge in [0.15, 0.2) is 11.6 Å². The van der Waals surface area contributed by atoms with Crippen LogP contribution >= 0.6 is 0 Å². The van der Waals surface area contributed by atoms with Crippen molar-refractivity contribution in [2.45, 2.75) is 26.2 Å². The first-order valence-corrected chi connectivity index (χ1v) is 8.43. The number of aromatic nitrogens is 2. The Morgan fingerprint density at radius 1 is 1.13 bits per heavy atom. The molecular formula is C16H24FN5O. The molecule has 3 rings (SSSR count). The average Bonchev–Trinajstić information content (AvgIpc) is 3.08. The van der Waals surface area contributed by atoms with E-state index in [2.05, 4.69) is 14.9 Å². The van der Waals surface area contributed by atoms with Gasteiger partial charge >= 0.3 is 0 Å². The molecule has 23 heavy (non-hydrogen) atoms. The van der Waals surface area contributed by atoms with Crippen molar-refractivity contribution in [3.8, 4) is 0 Å². The molecule has 7 heteroatoms. The van der Waals surface area contributed by atoms with Crippen LogP contribution in [0.4, 0.5) is 10.2 Å². The highest BCUT2D eigenvalue weighted by Crippen LogP contribution is 2.20. The Bertz CT molecular complexity index is 553. The predicted molar refractivity (Wildman–Crippen MR) is 85.8 cm³/mol. The molecule has 0 bridgehead atoms. The summed E-state index contributed by atoms with van der Waals surface area (Å²) in [6.07, 6.45) is 4.35. The predicted octanol–water partition coefficient (Wildman–Crippen LogP) is 0.922. The van der Waals surface area contributed by atoms with Crippen LogP contribution in [0.25, 0.3) is 0 Å². The molecule has 0 unspecified atom stereocenters. The molecule has 6 nitrogen and oxygen atoms in total. The third-order valence-corrected chi connectivity index (χ3v) is 4.67. The number of aryl methyl sites for hydroxylation is 1. The van der Waals surface area contributed by atoms with E-state index >= 15 is 0 Å². The SMILES string of the molecule is CCc1ncnc(N2CCN(C(=O)CN3CCCC3)CC2)c1F. The zero-order valence-corrected chi connectivity index (χ0v) is 13.7. The van der Waals surface area contributed by atoms with Gasteiger partial charge in [0, 0.05) is 26.2 Å². The van der Waals surface area contributed by atoms with Crippen molar-refractivity contribution in [1.82, 2.24) is 19.8 Å². The van der Waals surface area contributed by atoms with Crippen LogP contribution < -0.4 is 4.90 Å². The first-order valence-electron chi connectivity index (χ1n) is 8.43. The van der Waals surface area contributed by atoms with Gasteiger partial charge in [0.2, 0.25) is 5.91 Å². The normalized spacial score (nSPS) is 19.4. The van der Waals surface area contributed by atoms with Crippen LogP contribution in [0.3, 0.4) is 0 Å². The van der Waals surface area contributed by atoms with Gasteiger partial charge in [-0.05, 0) is 32.4 Å². The third-order valence-electron chi connectivity index (χ3n) is 4.67. The van der Waals surface area contributed by atoms with Crippen LogP contribution in [0.5, 0.6) is 0 Å². The maximum Gasteiger partial charge on any atom is 0.236 e. The van der Waals surface area contributed by atoms with Crippen LogP contribution in [-0.4, -0.2) is 71.5 Å². The summed E-state index contributed by atoms with van der Waals surface area (Å²) in [6, 6.07) is 0. The first kappa shape index (κ1) is 16.1. The Labute approximate surface area is 136 Å². The largest absolute Gasteiger partial charge is 0.351 e. The highest BCUT2D eigenvalue weighted by molar-refractivity contribution is 5.78. The van der Waals surface area contributed by atoms with Gasteiger partial charge < -0.3 is 9.80 Å². The lowest BCUT2D eigenvalue weighted by atomic mass is 10.2. The molecule has 1 aromatic heterocycles. The number of halogens is 1. The van der Waals surface area contributed by atoms with Gasteiger partial charge in [0.05, 0.1) is 12.2 Å². The van der Waals surface area contributed by atoms with Gasteiger partial charge in [-0.2, -0.15) is 0 Å². The summed E-state index contributed by atoms with van der Waals surface area (Å²) in [5.74, 6) is 0.222. The number of anilines is 1. The molecule has 2 aliphatic heterocycles. The Balaban J connectivity index is 1.57. The first-order chi connectivity index (χ1) is 11.2. The summed E-state index contributed by atoms with van der Waals surface area (Å²) in [5.41, 5.74) is 0.447. The van der Waals surface area contributed by atoms with Crippen LogP contribution in [0, 0.1) is 5.82 Å². The second-order valence-electron chi connectivity index (χ2n) is 6.16. The molecule has 0 radical (unpaired) electrons. The number of hydrogen-bond acceptors (Lipinski definition) is 5. The maximum absolute atomic E-state index is 14.3. The molecule has 0 spiro atoms. The minimum Gasteiger partial charge on any atom is -0.351 e. The lowest BCUT2D eigenvalue weighted by molar-refractivity contribution is -0.132. The highest BCUT2D eigenvalue weighted by Gasteiger charge is 2.26. The molecule has 126 valence electrons. The smallest absolute Gasteiger partial charge is 0.236 e. The summed E-state index contributed by atoms with van der Waals surface area (Å²) in [5, 5.41) is 0.